The summed E-state index contributed by atoms with van der Waals surface area (Å²) in [7, 11) is 0. The van der Waals surface area contributed by atoms with E-state index in [4.69, 9.17) is 9.94 Å². The molecule has 3 rings (SSSR count). The molecule has 0 heterocycles. The van der Waals surface area contributed by atoms with E-state index >= 15 is 0 Å². The Hall–Kier alpha value is -1.58. The van der Waals surface area contributed by atoms with Gasteiger partial charge in [0.1, 0.15) is 6.10 Å². The van der Waals surface area contributed by atoms with Gasteiger partial charge in [-0.15, -0.1) is 5.16 Å². The van der Waals surface area contributed by atoms with Crippen molar-refractivity contribution in [3.8, 4) is 0 Å². The minimum atomic E-state index is -0.166. The molecule has 6 atom stereocenters. The van der Waals surface area contributed by atoms with Crippen LogP contribution in [0.25, 0.3) is 0 Å². The van der Waals surface area contributed by atoms with Crippen LogP contribution >= 0.6 is 0 Å². The van der Waals surface area contributed by atoms with Crippen molar-refractivity contribution in [2.24, 2.45) is 33.7 Å². The van der Waals surface area contributed by atoms with Crippen molar-refractivity contribution in [3.05, 3.63) is 23.8 Å². The first-order valence-electron chi connectivity index (χ1n) is 10.5. The third-order valence-corrected chi connectivity index (χ3v) is 7.82. The zero-order valence-electron chi connectivity index (χ0n) is 17.3. The molecule has 4 nitrogen and oxygen atoms in total. The zero-order valence-corrected chi connectivity index (χ0v) is 17.3. The second-order valence-electron chi connectivity index (χ2n) is 9.31. The molecular formula is C23H35NO3. The number of hydrogen-bond donors (Lipinski definition) is 1. The molecule has 0 aromatic rings. The SMILES string of the molecule is C/C=C/[C@@]1(C)CC[C@H]2[C@@H](CC=C3C[C@@H](OC(C)=O)CC[C@@]32C)[C@@H]1C/C=N/O. The Morgan fingerprint density at radius 1 is 1.37 bits per heavy atom. The van der Waals surface area contributed by atoms with Crippen LogP contribution in [-0.2, 0) is 9.53 Å². The summed E-state index contributed by atoms with van der Waals surface area (Å²) >= 11 is 0. The number of fused-ring (bicyclic) bond motifs is 3. The first-order chi connectivity index (χ1) is 12.8. The van der Waals surface area contributed by atoms with Gasteiger partial charge < -0.3 is 9.94 Å². The molecule has 150 valence electrons. The smallest absolute Gasteiger partial charge is 0.302 e. The van der Waals surface area contributed by atoms with Crippen molar-refractivity contribution >= 4 is 12.2 Å². The molecule has 0 unspecified atom stereocenters. The van der Waals surface area contributed by atoms with E-state index < -0.39 is 0 Å². The van der Waals surface area contributed by atoms with Gasteiger partial charge in [0.25, 0.3) is 0 Å². The summed E-state index contributed by atoms with van der Waals surface area (Å²) in [5.41, 5.74) is 1.88. The zero-order chi connectivity index (χ0) is 19.7. The van der Waals surface area contributed by atoms with Gasteiger partial charge in [-0.2, -0.15) is 0 Å². The van der Waals surface area contributed by atoms with Gasteiger partial charge in [-0.1, -0.05) is 37.6 Å². The van der Waals surface area contributed by atoms with Gasteiger partial charge in [-0.25, -0.2) is 0 Å². The largest absolute Gasteiger partial charge is 0.462 e. The second-order valence-corrected chi connectivity index (χ2v) is 9.31. The van der Waals surface area contributed by atoms with Crippen LogP contribution in [-0.4, -0.2) is 23.5 Å². The normalized spacial score (nSPS) is 41.9. The fourth-order valence-corrected chi connectivity index (χ4v) is 6.50. The monoisotopic (exact) mass is 373 g/mol. The Labute approximate surface area is 163 Å². The van der Waals surface area contributed by atoms with Gasteiger partial charge in [0, 0.05) is 19.6 Å². The van der Waals surface area contributed by atoms with E-state index in [-0.39, 0.29) is 22.9 Å². The molecule has 0 amide bonds. The molecule has 2 saturated carbocycles. The molecule has 2 fully saturated rings. The molecule has 0 aromatic heterocycles. The van der Waals surface area contributed by atoms with Gasteiger partial charge in [0.15, 0.2) is 0 Å². The summed E-state index contributed by atoms with van der Waals surface area (Å²) in [6.45, 7) is 8.42. The standard InChI is InChI=1S/C23H35NO3/c1-5-11-22(3)12-9-21-19(20(22)10-14-24-26)7-6-17-15-18(27-16(2)25)8-13-23(17,21)4/h5-6,11,14,18-21,26H,7-10,12-13,15H2,1-4H3/b11-5+,24-14+/t18-,19-,20-,21-,22-,23-/m0/s1. The van der Waals surface area contributed by atoms with E-state index in [9.17, 15) is 4.79 Å². The van der Waals surface area contributed by atoms with Crippen LogP contribution in [0.15, 0.2) is 29.0 Å². The minimum absolute atomic E-state index is 0.0487. The van der Waals surface area contributed by atoms with Crippen molar-refractivity contribution in [2.75, 3.05) is 0 Å². The maximum atomic E-state index is 11.4. The van der Waals surface area contributed by atoms with Crippen molar-refractivity contribution in [1.29, 1.82) is 0 Å². The molecule has 27 heavy (non-hydrogen) atoms. The van der Waals surface area contributed by atoms with Gasteiger partial charge >= 0.3 is 5.97 Å². The third-order valence-electron chi connectivity index (χ3n) is 7.82. The number of carbonyl (C=O) groups is 1. The van der Waals surface area contributed by atoms with Crippen LogP contribution in [0.1, 0.15) is 72.6 Å². The lowest BCUT2D eigenvalue weighted by molar-refractivity contribution is -0.148. The first kappa shape index (κ1) is 20.2. The summed E-state index contributed by atoms with van der Waals surface area (Å²) in [4.78, 5) is 11.4. The lowest BCUT2D eigenvalue weighted by Gasteiger charge is -2.58. The summed E-state index contributed by atoms with van der Waals surface area (Å²) in [5, 5.41) is 12.3. The first-order valence-corrected chi connectivity index (χ1v) is 10.5. The number of allylic oxidation sites excluding steroid dienone is 3. The Bertz CT molecular complexity index is 652. The molecule has 0 radical (unpaired) electrons. The predicted molar refractivity (Wildman–Crippen MR) is 108 cm³/mol. The molecule has 3 aliphatic carbocycles. The second kappa shape index (κ2) is 7.81. The fraction of sp³-hybridized carbons (Fsp3) is 0.739. The summed E-state index contributed by atoms with van der Waals surface area (Å²) < 4.78 is 5.53. The van der Waals surface area contributed by atoms with Crippen LogP contribution in [0, 0.1) is 28.6 Å². The Balaban J connectivity index is 1.88. The number of hydrogen-bond acceptors (Lipinski definition) is 4. The lowest BCUT2D eigenvalue weighted by atomic mass is 9.47. The number of ether oxygens (including phenoxy) is 1. The van der Waals surface area contributed by atoms with E-state index in [1.54, 1.807) is 6.21 Å². The molecule has 0 spiro atoms. The van der Waals surface area contributed by atoms with Crippen LogP contribution in [0.5, 0.6) is 0 Å². The van der Waals surface area contributed by atoms with E-state index in [1.807, 2.05) is 0 Å². The highest BCUT2D eigenvalue weighted by molar-refractivity contribution is 5.66. The molecular weight excluding hydrogens is 338 g/mol. The Morgan fingerprint density at radius 2 is 2.15 bits per heavy atom. The maximum Gasteiger partial charge on any atom is 0.302 e. The Morgan fingerprint density at radius 3 is 2.81 bits per heavy atom. The van der Waals surface area contributed by atoms with E-state index in [2.05, 4.69) is 44.2 Å². The summed E-state index contributed by atoms with van der Waals surface area (Å²) in [5.74, 6) is 1.59. The average Bonchev–Trinajstić information content (AvgIpc) is 2.61. The van der Waals surface area contributed by atoms with E-state index in [0.29, 0.717) is 17.8 Å². The number of oxime groups is 1. The molecule has 0 bridgehead atoms. The van der Waals surface area contributed by atoms with Crippen molar-refractivity contribution in [2.45, 2.75) is 78.7 Å². The summed E-state index contributed by atoms with van der Waals surface area (Å²) in [6.07, 6.45) is 16.0. The van der Waals surface area contributed by atoms with E-state index in [1.165, 1.54) is 25.3 Å². The molecule has 1 N–H and O–H groups in total. The summed E-state index contributed by atoms with van der Waals surface area (Å²) in [6, 6.07) is 0. The van der Waals surface area contributed by atoms with Gasteiger partial charge in [0.05, 0.1) is 0 Å². The van der Waals surface area contributed by atoms with Crippen LogP contribution in [0.2, 0.25) is 0 Å². The number of esters is 1. The number of carbonyl (C=O) groups excluding carboxylic acids is 1. The van der Waals surface area contributed by atoms with Crippen molar-refractivity contribution in [3.63, 3.8) is 0 Å². The van der Waals surface area contributed by atoms with Crippen molar-refractivity contribution < 1.29 is 14.7 Å². The maximum absolute atomic E-state index is 11.4. The third kappa shape index (κ3) is 3.72. The highest BCUT2D eigenvalue weighted by atomic mass is 16.5. The number of nitrogens with zero attached hydrogens (tertiary/aromatic N) is 1. The van der Waals surface area contributed by atoms with Crippen LogP contribution < -0.4 is 0 Å². The topological polar surface area (TPSA) is 58.9 Å². The van der Waals surface area contributed by atoms with Crippen molar-refractivity contribution in [1.82, 2.24) is 0 Å². The fourth-order valence-electron chi connectivity index (χ4n) is 6.50. The molecule has 0 aromatic carbocycles. The molecule has 0 aliphatic heterocycles. The number of rotatable bonds is 4. The molecule has 3 aliphatic rings. The van der Waals surface area contributed by atoms with Crippen LogP contribution in [0.4, 0.5) is 0 Å². The molecule has 4 heteroatoms. The van der Waals surface area contributed by atoms with Gasteiger partial charge in [-0.3, -0.25) is 4.79 Å². The minimum Gasteiger partial charge on any atom is -0.462 e. The highest BCUT2D eigenvalue weighted by Crippen LogP contribution is 2.62. The lowest BCUT2D eigenvalue weighted by Crippen LogP contribution is -2.50. The molecule has 0 saturated heterocycles. The van der Waals surface area contributed by atoms with Crippen LogP contribution in [0.3, 0.4) is 0 Å². The highest BCUT2D eigenvalue weighted by Gasteiger charge is 2.54. The van der Waals surface area contributed by atoms with Gasteiger partial charge in [-0.05, 0) is 74.0 Å². The quantitative estimate of drug-likeness (QED) is 0.232. The van der Waals surface area contributed by atoms with E-state index in [0.717, 1.165) is 32.1 Å². The van der Waals surface area contributed by atoms with Gasteiger partial charge in [0.2, 0.25) is 0 Å². The average molecular weight is 374 g/mol. The Kier molecular flexibility index (Phi) is 5.83. The predicted octanol–water partition coefficient (Wildman–Crippen LogP) is 5.51.